The molecule has 0 bridgehead atoms. The van der Waals surface area contributed by atoms with E-state index in [9.17, 15) is 9.59 Å². The van der Waals surface area contributed by atoms with Crippen molar-refractivity contribution in [3.63, 3.8) is 0 Å². The van der Waals surface area contributed by atoms with Crippen LogP contribution in [0.1, 0.15) is 21.5 Å². The van der Waals surface area contributed by atoms with Crippen molar-refractivity contribution in [3.8, 4) is 5.75 Å². The first-order valence-electron chi connectivity index (χ1n) is 10.2. The Labute approximate surface area is 172 Å². The molecular weight excluding hydrogens is 366 g/mol. The Balaban J connectivity index is 1.34. The lowest BCUT2D eigenvalue weighted by Gasteiger charge is -2.32. The fourth-order valence-corrected chi connectivity index (χ4v) is 3.57. The SMILES string of the molecule is Cc1ccc(OCCNC(=O)C[NH+]2CCN(C(=O)c3ccccc3)CC2)c(C)c1. The molecule has 2 aromatic rings. The third-order valence-electron chi connectivity index (χ3n) is 5.20. The van der Waals surface area contributed by atoms with Crippen molar-refractivity contribution in [2.45, 2.75) is 13.8 Å². The van der Waals surface area contributed by atoms with E-state index in [-0.39, 0.29) is 11.8 Å². The molecule has 0 spiro atoms. The minimum absolute atomic E-state index is 0.0204. The van der Waals surface area contributed by atoms with Gasteiger partial charge in [0.05, 0.1) is 32.7 Å². The third kappa shape index (κ3) is 6.06. The van der Waals surface area contributed by atoms with Gasteiger partial charge in [0.2, 0.25) is 0 Å². The second-order valence-corrected chi connectivity index (χ2v) is 7.55. The van der Waals surface area contributed by atoms with E-state index < -0.39 is 0 Å². The first-order valence-corrected chi connectivity index (χ1v) is 10.2. The van der Waals surface area contributed by atoms with Crippen LogP contribution in [0, 0.1) is 13.8 Å². The lowest BCUT2D eigenvalue weighted by atomic mass is 10.1. The predicted molar refractivity (Wildman–Crippen MR) is 112 cm³/mol. The largest absolute Gasteiger partial charge is 0.491 e. The molecule has 0 atom stereocenters. The summed E-state index contributed by atoms with van der Waals surface area (Å²) in [5.41, 5.74) is 3.03. The van der Waals surface area contributed by atoms with Gasteiger partial charge in [-0.1, -0.05) is 35.9 Å². The second kappa shape index (κ2) is 10.1. The van der Waals surface area contributed by atoms with Crippen molar-refractivity contribution in [3.05, 3.63) is 65.2 Å². The summed E-state index contributed by atoms with van der Waals surface area (Å²) < 4.78 is 5.75. The molecule has 0 aromatic heterocycles. The molecule has 0 radical (unpaired) electrons. The molecule has 2 amide bonds. The summed E-state index contributed by atoms with van der Waals surface area (Å²) in [5.74, 6) is 0.944. The number of quaternary nitrogens is 1. The van der Waals surface area contributed by atoms with Gasteiger partial charge in [-0.15, -0.1) is 0 Å². The molecule has 2 N–H and O–H groups in total. The van der Waals surface area contributed by atoms with E-state index in [2.05, 4.69) is 18.3 Å². The number of nitrogens with zero attached hydrogens (tertiary/aromatic N) is 1. The number of carbonyl (C=O) groups is 2. The molecule has 154 valence electrons. The van der Waals surface area contributed by atoms with Gasteiger partial charge in [0, 0.05) is 5.56 Å². The molecule has 29 heavy (non-hydrogen) atoms. The van der Waals surface area contributed by atoms with Gasteiger partial charge in [-0.25, -0.2) is 0 Å². The highest BCUT2D eigenvalue weighted by Gasteiger charge is 2.25. The summed E-state index contributed by atoms with van der Waals surface area (Å²) in [6.07, 6.45) is 0. The number of amides is 2. The number of nitrogens with one attached hydrogen (secondary N) is 2. The summed E-state index contributed by atoms with van der Waals surface area (Å²) in [7, 11) is 0. The summed E-state index contributed by atoms with van der Waals surface area (Å²) in [6, 6.07) is 15.4. The summed E-state index contributed by atoms with van der Waals surface area (Å²) in [5, 5.41) is 2.93. The van der Waals surface area contributed by atoms with Crippen molar-refractivity contribution in [1.29, 1.82) is 0 Å². The highest BCUT2D eigenvalue weighted by atomic mass is 16.5. The molecular formula is C23H30N3O3+. The van der Waals surface area contributed by atoms with Gasteiger partial charge in [-0.2, -0.15) is 0 Å². The molecule has 1 fully saturated rings. The Morgan fingerprint density at radius 2 is 1.79 bits per heavy atom. The monoisotopic (exact) mass is 396 g/mol. The molecule has 0 aliphatic carbocycles. The maximum absolute atomic E-state index is 12.5. The highest BCUT2D eigenvalue weighted by Crippen LogP contribution is 2.18. The molecule has 1 saturated heterocycles. The number of ether oxygens (including phenoxy) is 1. The quantitative estimate of drug-likeness (QED) is 0.682. The average Bonchev–Trinajstić information content (AvgIpc) is 2.73. The van der Waals surface area contributed by atoms with Crippen molar-refractivity contribution in [2.24, 2.45) is 0 Å². The molecule has 1 aliphatic heterocycles. The van der Waals surface area contributed by atoms with Crippen LogP contribution in [0.25, 0.3) is 0 Å². The van der Waals surface area contributed by atoms with Crippen LogP contribution in [0.15, 0.2) is 48.5 Å². The van der Waals surface area contributed by atoms with Crippen LogP contribution in [0.2, 0.25) is 0 Å². The van der Waals surface area contributed by atoms with Crippen LogP contribution in [-0.2, 0) is 4.79 Å². The van der Waals surface area contributed by atoms with E-state index in [1.54, 1.807) is 0 Å². The molecule has 3 rings (SSSR count). The van der Waals surface area contributed by atoms with Crippen molar-refractivity contribution in [2.75, 3.05) is 45.9 Å². The van der Waals surface area contributed by atoms with Crippen LogP contribution in [0.3, 0.4) is 0 Å². The molecule has 6 nitrogen and oxygen atoms in total. The van der Waals surface area contributed by atoms with Crippen LogP contribution in [-0.4, -0.2) is 62.6 Å². The Morgan fingerprint density at radius 3 is 2.48 bits per heavy atom. The Hall–Kier alpha value is -2.86. The number of carbonyl (C=O) groups excluding carboxylic acids is 2. The number of rotatable bonds is 7. The maximum Gasteiger partial charge on any atom is 0.275 e. The second-order valence-electron chi connectivity index (χ2n) is 7.55. The predicted octanol–water partition coefficient (Wildman–Crippen LogP) is 0.839. The van der Waals surface area contributed by atoms with Crippen LogP contribution in [0.5, 0.6) is 5.75 Å². The third-order valence-corrected chi connectivity index (χ3v) is 5.20. The summed E-state index contributed by atoms with van der Waals surface area (Å²) in [6.45, 7) is 8.34. The number of piperazine rings is 1. The smallest absolute Gasteiger partial charge is 0.275 e. The van der Waals surface area contributed by atoms with Gasteiger partial charge in [0.15, 0.2) is 6.54 Å². The normalized spacial score (nSPS) is 14.5. The van der Waals surface area contributed by atoms with E-state index >= 15 is 0 Å². The van der Waals surface area contributed by atoms with Crippen LogP contribution < -0.4 is 15.0 Å². The molecule has 1 heterocycles. The highest BCUT2D eigenvalue weighted by molar-refractivity contribution is 5.94. The number of aryl methyl sites for hydroxylation is 2. The molecule has 1 aliphatic rings. The topological polar surface area (TPSA) is 63.1 Å². The Morgan fingerprint density at radius 1 is 1.07 bits per heavy atom. The lowest BCUT2D eigenvalue weighted by molar-refractivity contribution is -0.896. The van der Waals surface area contributed by atoms with Gasteiger partial charge in [-0.3, -0.25) is 9.59 Å². The maximum atomic E-state index is 12.5. The Kier molecular flexibility index (Phi) is 7.25. The van der Waals surface area contributed by atoms with Crippen molar-refractivity contribution < 1.29 is 19.2 Å². The van der Waals surface area contributed by atoms with Crippen molar-refractivity contribution in [1.82, 2.24) is 10.2 Å². The first-order chi connectivity index (χ1) is 14.0. The fraction of sp³-hybridized carbons (Fsp3) is 0.391. The average molecular weight is 397 g/mol. The number of hydrogen-bond acceptors (Lipinski definition) is 3. The molecule has 2 aromatic carbocycles. The van der Waals surface area contributed by atoms with E-state index in [1.165, 1.54) is 10.5 Å². The molecule has 6 heteroatoms. The van der Waals surface area contributed by atoms with E-state index in [0.29, 0.717) is 32.8 Å². The number of benzene rings is 2. The summed E-state index contributed by atoms with van der Waals surface area (Å²) in [4.78, 5) is 27.8. The van der Waals surface area contributed by atoms with Gasteiger partial charge in [-0.05, 0) is 37.6 Å². The van der Waals surface area contributed by atoms with E-state index in [4.69, 9.17) is 4.74 Å². The lowest BCUT2D eigenvalue weighted by Crippen LogP contribution is -3.15. The standard InChI is InChI=1S/C23H29N3O3/c1-18-8-9-21(19(2)16-18)29-15-10-24-22(27)17-25-11-13-26(14-12-25)23(28)20-6-4-3-5-7-20/h3-9,16H,10-15,17H2,1-2H3,(H,24,27)/p+1. The van der Waals surface area contributed by atoms with Crippen LogP contribution in [0.4, 0.5) is 0 Å². The Bertz CT molecular complexity index is 831. The van der Waals surface area contributed by atoms with Gasteiger partial charge < -0.3 is 19.9 Å². The zero-order chi connectivity index (χ0) is 20.6. The van der Waals surface area contributed by atoms with Gasteiger partial charge in [0.25, 0.3) is 11.8 Å². The fourth-order valence-electron chi connectivity index (χ4n) is 3.57. The first kappa shape index (κ1) is 20.9. The zero-order valence-electron chi connectivity index (χ0n) is 17.2. The van der Waals surface area contributed by atoms with Gasteiger partial charge in [0.1, 0.15) is 12.4 Å². The minimum Gasteiger partial charge on any atom is -0.491 e. The molecule has 0 saturated carbocycles. The summed E-state index contributed by atoms with van der Waals surface area (Å²) >= 11 is 0. The van der Waals surface area contributed by atoms with Crippen LogP contribution >= 0.6 is 0 Å². The van der Waals surface area contributed by atoms with Crippen molar-refractivity contribution >= 4 is 11.8 Å². The zero-order valence-corrected chi connectivity index (χ0v) is 17.2. The minimum atomic E-state index is 0.0204. The van der Waals surface area contributed by atoms with E-state index in [1.807, 2.05) is 54.3 Å². The number of hydrogen-bond donors (Lipinski definition) is 2. The van der Waals surface area contributed by atoms with E-state index in [0.717, 1.165) is 30.0 Å². The van der Waals surface area contributed by atoms with Gasteiger partial charge >= 0.3 is 0 Å². The molecule has 0 unspecified atom stereocenters.